The molecule has 1 aliphatic heterocycles. The van der Waals surface area contributed by atoms with E-state index in [1.807, 2.05) is 6.07 Å². The van der Waals surface area contributed by atoms with Gasteiger partial charge in [-0.05, 0) is 86.3 Å². The second-order valence-corrected chi connectivity index (χ2v) is 10.6. The van der Waals surface area contributed by atoms with Gasteiger partial charge in [0.15, 0.2) is 0 Å². The SMILES string of the molecule is COC(=O)c1cc(C(=O)OC)cc(-c2ccc(C(=O)Nc3ccc(OC)c(C4(C#N)CCN(C(C)C)CC4)c3)cc2)c1. The van der Waals surface area contributed by atoms with Crippen LogP contribution in [0.5, 0.6) is 5.75 Å². The molecule has 0 spiro atoms. The molecule has 3 aromatic rings. The number of piperidine rings is 1. The molecule has 9 heteroatoms. The van der Waals surface area contributed by atoms with E-state index in [0.717, 1.165) is 18.7 Å². The van der Waals surface area contributed by atoms with Crippen molar-refractivity contribution in [3.05, 3.63) is 82.9 Å². The largest absolute Gasteiger partial charge is 0.496 e. The van der Waals surface area contributed by atoms with Crippen molar-refractivity contribution in [2.75, 3.05) is 39.7 Å². The molecule has 1 heterocycles. The number of hydrogen-bond acceptors (Lipinski definition) is 8. The Kier molecular flexibility index (Phi) is 9.28. The van der Waals surface area contributed by atoms with Crippen molar-refractivity contribution < 1.29 is 28.6 Å². The van der Waals surface area contributed by atoms with Gasteiger partial charge in [-0.15, -0.1) is 0 Å². The van der Waals surface area contributed by atoms with Gasteiger partial charge in [0, 0.05) is 35.9 Å². The summed E-state index contributed by atoms with van der Waals surface area (Å²) in [6, 6.07) is 19.8. The summed E-state index contributed by atoms with van der Waals surface area (Å²) in [5, 5.41) is 13.2. The fourth-order valence-electron chi connectivity index (χ4n) is 5.31. The summed E-state index contributed by atoms with van der Waals surface area (Å²) in [7, 11) is 4.12. The Bertz CT molecular complexity index is 1480. The van der Waals surface area contributed by atoms with Gasteiger partial charge in [-0.1, -0.05) is 12.1 Å². The summed E-state index contributed by atoms with van der Waals surface area (Å²) in [6.45, 7) is 5.92. The van der Waals surface area contributed by atoms with Crippen LogP contribution in [0.2, 0.25) is 0 Å². The number of esters is 2. The molecule has 4 rings (SSSR count). The van der Waals surface area contributed by atoms with Crippen LogP contribution in [-0.2, 0) is 14.9 Å². The number of methoxy groups -OCH3 is 3. The lowest BCUT2D eigenvalue weighted by Gasteiger charge is -2.40. The summed E-state index contributed by atoms with van der Waals surface area (Å²) in [5.74, 6) is -0.865. The van der Waals surface area contributed by atoms with Crippen molar-refractivity contribution in [1.29, 1.82) is 5.26 Å². The first kappa shape index (κ1) is 30.3. The average molecular weight is 570 g/mol. The Morgan fingerprint density at radius 2 is 1.43 bits per heavy atom. The third-order valence-corrected chi connectivity index (χ3v) is 7.82. The lowest BCUT2D eigenvalue weighted by atomic mass is 9.73. The van der Waals surface area contributed by atoms with Crippen molar-refractivity contribution in [2.24, 2.45) is 0 Å². The zero-order valence-electron chi connectivity index (χ0n) is 24.5. The quantitative estimate of drug-likeness (QED) is 0.356. The van der Waals surface area contributed by atoms with Crippen LogP contribution in [0.1, 0.15) is 63.3 Å². The molecule has 3 aromatic carbocycles. The maximum Gasteiger partial charge on any atom is 0.337 e. The van der Waals surface area contributed by atoms with Crippen LogP contribution < -0.4 is 10.1 Å². The van der Waals surface area contributed by atoms with Crippen LogP contribution in [-0.4, -0.2) is 63.2 Å². The van der Waals surface area contributed by atoms with Crippen molar-refractivity contribution in [1.82, 2.24) is 4.90 Å². The van der Waals surface area contributed by atoms with Crippen LogP contribution in [0.15, 0.2) is 60.7 Å². The zero-order chi connectivity index (χ0) is 30.4. The molecule has 0 aliphatic carbocycles. The third kappa shape index (κ3) is 6.29. The molecule has 1 aliphatic rings. The van der Waals surface area contributed by atoms with Crippen LogP contribution in [0.3, 0.4) is 0 Å². The molecule has 0 aromatic heterocycles. The molecule has 42 heavy (non-hydrogen) atoms. The van der Waals surface area contributed by atoms with Gasteiger partial charge < -0.3 is 24.4 Å². The molecular weight excluding hydrogens is 534 g/mol. The highest BCUT2D eigenvalue weighted by Crippen LogP contribution is 2.41. The first-order chi connectivity index (χ1) is 20.1. The molecule has 0 saturated carbocycles. The number of amides is 1. The Balaban J connectivity index is 1.57. The van der Waals surface area contributed by atoms with E-state index in [4.69, 9.17) is 14.2 Å². The van der Waals surface area contributed by atoms with E-state index in [2.05, 4.69) is 30.1 Å². The number of nitrogens with one attached hydrogen (secondary N) is 1. The maximum atomic E-state index is 13.2. The van der Waals surface area contributed by atoms with E-state index in [1.54, 1.807) is 55.6 Å². The Morgan fingerprint density at radius 3 is 1.93 bits per heavy atom. The van der Waals surface area contributed by atoms with Crippen molar-refractivity contribution >= 4 is 23.5 Å². The number of carbonyl (C=O) groups excluding carboxylic acids is 3. The van der Waals surface area contributed by atoms with Gasteiger partial charge in [0.2, 0.25) is 0 Å². The van der Waals surface area contributed by atoms with Gasteiger partial charge in [0.05, 0.1) is 43.9 Å². The number of ether oxygens (including phenoxy) is 3. The maximum absolute atomic E-state index is 13.2. The van der Waals surface area contributed by atoms with Gasteiger partial charge in [0.1, 0.15) is 5.75 Å². The highest BCUT2D eigenvalue weighted by molar-refractivity contribution is 6.04. The minimum Gasteiger partial charge on any atom is -0.496 e. The van der Waals surface area contributed by atoms with Crippen LogP contribution in [0.4, 0.5) is 5.69 Å². The first-order valence-corrected chi connectivity index (χ1v) is 13.7. The van der Waals surface area contributed by atoms with E-state index >= 15 is 0 Å². The molecule has 1 fully saturated rings. The van der Waals surface area contributed by atoms with E-state index in [0.29, 0.717) is 47.0 Å². The number of rotatable bonds is 8. The van der Waals surface area contributed by atoms with Gasteiger partial charge in [-0.25, -0.2) is 9.59 Å². The number of nitriles is 1. The molecule has 218 valence electrons. The fourth-order valence-corrected chi connectivity index (χ4v) is 5.31. The predicted molar refractivity (Wildman–Crippen MR) is 159 cm³/mol. The van der Waals surface area contributed by atoms with Gasteiger partial charge in [0.25, 0.3) is 5.91 Å². The molecule has 0 unspecified atom stereocenters. The number of benzene rings is 3. The summed E-state index contributed by atoms with van der Waals surface area (Å²) < 4.78 is 15.3. The Hall–Kier alpha value is -4.68. The van der Waals surface area contributed by atoms with E-state index in [-0.39, 0.29) is 17.0 Å². The van der Waals surface area contributed by atoms with Gasteiger partial charge >= 0.3 is 11.9 Å². The summed E-state index contributed by atoms with van der Waals surface area (Å²) in [6.07, 6.45) is 1.34. The third-order valence-electron chi connectivity index (χ3n) is 7.82. The number of likely N-dealkylation sites (tertiary alicyclic amines) is 1. The number of anilines is 1. The van der Waals surface area contributed by atoms with Crippen molar-refractivity contribution in [3.8, 4) is 22.9 Å². The summed E-state index contributed by atoms with van der Waals surface area (Å²) >= 11 is 0. The average Bonchev–Trinajstić information content (AvgIpc) is 3.03. The Labute approximate surface area is 246 Å². The van der Waals surface area contributed by atoms with E-state index in [1.165, 1.54) is 20.3 Å². The monoisotopic (exact) mass is 569 g/mol. The van der Waals surface area contributed by atoms with E-state index < -0.39 is 17.4 Å². The Morgan fingerprint density at radius 1 is 0.833 bits per heavy atom. The fraction of sp³-hybridized carbons (Fsp3) is 0.333. The lowest BCUT2D eigenvalue weighted by molar-refractivity contribution is 0.0599. The van der Waals surface area contributed by atoms with Crippen LogP contribution in [0.25, 0.3) is 11.1 Å². The molecular formula is C33H35N3O6. The topological polar surface area (TPSA) is 118 Å². The first-order valence-electron chi connectivity index (χ1n) is 13.7. The summed E-state index contributed by atoms with van der Waals surface area (Å²) in [5.41, 5.74) is 2.74. The highest BCUT2D eigenvalue weighted by atomic mass is 16.5. The van der Waals surface area contributed by atoms with Crippen molar-refractivity contribution in [2.45, 2.75) is 38.1 Å². The number of hydrogen-bond donors (Lipinski definition) is 1. The predicted octanol–water partition coefficient (Wildman–Crippen LogP) is 5.45. The van der Waals surface area contributed by atoms with Crippen LogP contribution in [0, 0.1) is 11.3 Å². The minimum atomic E-state index is -0.707. The smallest absolute Gasteiger partial charge is 0.337 e. The second-order valence-electron chi connectivity index (χ2n) is 10.6. The van der Waals surface area contributed by atoms with E-state index in [9.17, 15) is 19.6 Å². The molecule has 0 bridgehead atoms. The number of nitrogens with zero attached hydrogens (tertiary/aromatic N) is 2. The molecule has 1 N–H and O–H groups in total. The molecule has 9 nitrogen and oxygen atoms in total. The molecule has 1 amide bonds. The molecule has 0 atom stereocenters. The molecule has 0 radical (unpaired) electrons. The van der Waals surface area contributed by atoms with Gasteiger partial charge in [-0.2, -0.15) is 5.26 Å². The zero-order valence-corrected chi connectivity index (χ0v) is 24.5. The minimum absolute atomic E-state index is 0.206. The summed E-state index contributed by atoms with van der Waals surface area (Å²) in [4.78, 5) is 39.9. The normalized spacial score (nSPS) is 14.5. The standard InChI is InChI=1S/C33H35N3O6/c1-21(2)36-14-12-33(20-34,13-15-36)28-19-27(10-11-29(28)40-3)35-30(37)23-8-6-22(7-9-23)24-16-25(31(38)41-4)18-26(17-24)32(39)42-5/h6-11,16-19,21H,12-15H2,1-5H3,(H,35,37). The lowest BCUT2D eigenvalue weighted by Crippen LogP contribution is -2.44. The van der Waals surface area contributed by atoms with Gasteiger partial charge in [-0.3, -0.25) is 4.79 Å². The number of carbonyl (C=O) groups is 3. The second kappa shape index (κ2) is 12.9. The van der Waals surface area contributed by atoms with Crippen molar-refractivity contribution in [3.63, 3.8) is 0 Å². The highest BCUT2D eigenvalue weighted by Gasteiger charge is 2.39. The van der Waals surface area contributed by atoms with Crippen LogP contribution >= 0.6 is 0 Å². The molecule has 1 saturated heterocycles.